The third kappa shape index (κ3) is 5.56. The summed E-state index contributed by atoms with van der Waals surface area (Å²) in [6.45, 7) is 3.70. The number of aromatic nitrogens is 1. The first-order valence-electron chi connectivity index (χ1n) is 9.26. The highest BCUT2D eigenvalue weighted by molar-refractivity contribution is 7.89. The summed E-state index contributed by atoms with van der Waals surface area (Å²) in [4.78, 5) is 39.1. The molecule has 0 aliphatic rings. The van der Waals surface area contributed by atoms with Gasteiger partial charge in [-0.15, -0.1) is 0 Å². The number of aryl methyl sites for hydroxylation is 1. The van der Waals surface area contributed by atoms with E-state index in [1.54, 1.807) is 20.8 Å². The first-order chi connectivity index (χ1) is 14.5. The number of carbonyl (C=O) groups is 3. The van der Waals surface area contributed by atoms with Crippen LogP contribution in [0, 0.1) is 19.7 Å². The third-order valence-corrected chi connectivity index (χ3v) is 6.25. The predicted molar refractivity (Wildman–Crippen MR) is 108 cm³/mol. The van der Waals surface area contributed by atoms with E-state index in [9.17, 15) is 27.2 Å². The second-order valence-corrected chi connectivity index (χ2v) is 8.69. The molecule has 0 spiro atoms. The summed E-state index contributed by atoms with van der Waals surface area (Å²) in [5.74, 6) is -2.70. The number of Topliss-reactive ketones (excluding diaryl/α,β-unsaturated/α-hetero) is 1. The number of nitrogens with one attached hydrogen (secondary N) is 1. The number of benzene rings is 1. The second-order valence-electron chi connectivity index (χ2n) is 6.64. The summed E-state index contributed by atoms with van der Waals surface area (Å²) in [6, 6.07) is 4.14. The fourth-order valence-corrected chi connectivity index (χ4v) is 4.01. The lowest BCUT2D eigenvalue weighted by molar-refractivity contribution is -0.142. The number of nitrogens with zero attached hydrogens (tertiary/aromatic N) is 1. The Kier molecular flexibility index (Phi) is 7.69. The molecule has 0 amide bonds. The number of H-pyrrole nitrogens is 1. The summed E-state index contributed by atoms with van der Waals surface area (Å²) in [6.07, 6.45) is 0. The topological polar surface area (TPSA) is 123 Å². The van der Waals surface area contributed by atoms with Crippen LogP contribution in [0.3, 0.4) is 0 Å². The molecule has 1 aromatic carbocycles. The number of esters is 2. The highest BCUT2D eigenvalue weighted by atomic mass is 32.2. The zero-order chi connectivity index (χ0) is 23.3. The number of hydrogen-bond donors (Lipinski definition) is 1. The quantitative estimate of drug-likeness (QED) is 0.454. The fourth-order valence-electron chi connectivity index (χ4n) is 2.89. The number of rotatable bonds is 9. The van der Waals surface area contributed by atoms with Gasteiger partial charge in [-0.25, -0.2) is 17.6 Å². The van der Waals surface area contributed by atoms with Gasteiger partial charge in [-0.1, -0.05) is 0 Å². The molecule has 0 saturated heterocycles. The Morgan fingerprint density at radius 2 is 1.71 bits per heavy atom. The molecule has 0 aliphatic heterocycles. The number of halogens is 1. The second kappa shape index (κ2) is 9.84. The van der Waals surface area contributed by atoms with Gasteiger partial charge in [-0.2, -0.15) is 4.31 Å². The number of likely N-dealkylation sites (N-methyl/N-ethyl adjacent to an activating group) is 1. The lowest BCUT2D eigenvalue weighted by Gasteiger charge is -2.16. The maximum absolute atomic E-state index is 13.0. The van der Waals surface area contributed by atoms with Gasteiger partial charge >= 0.3 is 11.9 Å². The maximum atomic E-state index is 13.0. The minimum absolute atomic E-state index is 0.138. The molecule has 9 nitrogen and oxygen atoms in total. The SMILES string of the molecule is CCOC(=O)c1[nH]c(C)c(C(=O)COC(=O)CN(C)S(=O)(=O)c2ccc(F)cc2)c1C. The molecular formula is C20H23FN2O7S. The molecule has 2 aromatic rings. The van der Waals surface area contributed by atoms with Gasteiger partial charge in [0.1, 0.15) is 18.1 Å². The number of carbonyl (C=O) groups excluding carboxylic acids is 3. The van der Waals surface area contributed by atoms with E-state index in [1.807, 2.05) is 0 Å². The van der Waals surface area contributed by atoms with Gasteiger partial charge in [-0.3, -0.25) is 9.59 Å². The van der Waals surface area contributed by atoms with E-state index in [0.717, 1.165) is 35.6 Å². The van der Waals surface area contributed by atoms with Crippen molar-refractivity contribution in [3.8, 4) is 0 Å². The summed E-state index contributed by atoms with van der Waals surface area (Å²) >= 11 is 0. The Morgan fingerprint density at radius 3 is 2.29 bits per heavy atom. The van der Waals surface area contributed by atoms with Gasteiger partial charge < -0.3 is 14.5 Å². The van der Waals surface area contributed by atoms with Crippen LogP contribution >= 0.6 is 0 Å². The number of hydrogen-bond acceptors (Lipinski definition) is 7. The summed E-state index contributed by atoms with van der Waals surface area (Å²) < 4.78 is 48.4. The van der Waals surface area contributed by atoms with Gasteiger partial charge in [-0.05, 0) is 50.6 Å². The van der Waals surface area contributed by atoms with Gasteiger partial charge in [0.25, 0.3) is 0 Å². The first kappa shape index (κ1) is 24.2. The van der Waals surface area contributed by atoms with Crippen molar-refractivity contribution in [1.82, 2.24) is 9.29 Å². The number of aromatic amines is 1. The largest absolute Gasteiger partial charge is 0.461 e. The van der Waals surface area contributed by atoms with E-state index in [0.29, 0.717) is 11.3 Å². The monoisotopic (exact) mass is 454 g/mol. The van der Waals surface area contributed by atoms with E-state index in [2.05, 4.69) is 4.98 Å². The van der Waals surface area contributed by atoms with Crippen molar-refractivity contribution in [1.29, 1.82) is 0 Å². The molecule has 2 rings (SSSR count). The molecule has 11 heteroatoms. The molecule has 1 N–H and O–H groups in total. The summed E-state index contributed by atoms with van der Waals surface area (Å²) in [7, 11) is -2.88. The smallest absolute Gasteiger partial charge is 0.355 e. The van der Waals surface area contributed by atoms with Crippen LogP contribution in [0.1, 0.15) is 39.0 Å². The number of ketones is 1. The lowest BCUT2D eigenvalue weighted by atomic mass is 10.1. The average molecular weight is 454 g/mol. The van der Waals surface area contributed by atoms with Crippen LogP contribution in [0.5, 0.6) is 0 Å². The molecule has 168 valence electrons. The molecule has 0 bridgehead atoms. The molecule has 0 fully saturated rings. The third-order valence-electron chi connectivity index (χ3n) is 4.43. The highest BCUT2D eigenvalue weighted by Crippen LogP contribution is 2.20. The average Bonchev–Trinajstić information content (AvgIpc) is 3.01. The van der Waals surface area contributed by atoms with Crippen LogP contribution in [0.15, 0.2) is 29.2 Å². The predicted octanol–water partition coefficient (Wildman–Crippen LogP) is 1.99. The normalized spacial score (nSPS) is 11.4. The van der Waals surface area contributed by atoms with Crippen LogP contribution in [0.2, 0.25) is 0 Å². The van der Waals surface area contributed by atoms with Crippen molar-refractivity contribution in [3.05, 3.63) is 52.6 Å². The van der Waals surface area contributed by atoms with E-state index >= 15 is 0 Å². The Balaban J connectivity index is 2.02. The van der Waals surface area contributed by atoms with E-state index in [4.69, 9.17) is 9.47 Å². The zero-order valence-electron chi connectivity index (χ0n) is 17.5. The minimum Gasteiger partial charge on any atom is -0.461 e. The highest BCUT2D eigenvalue weighted by Gasteiger charge is 2.26. The molecule has 0 radical (unpaired) electrons. The molecule has 1 aromatic heterocycles. The Hall–Kier alpha value is -3.05. The van der Waals surface area contributed by atoms with E-state index in [1.165, 1.54) is 0 Å². The molecule has 31 heavy (non-hydrogen) atoms. The lowest BCUT2D eigenvalue weighted by Crippen LogP contribution is -2.33. The Bertz CT molecular complexity index is 1090. The van der Waals surface area contributed by atoms with Crippen molar-refractivity contribution in [2.45, 2.75) is 25.7 Å². The number of ether oxygens (including phenoxy) is 2. The summed E-state index contributed by atoms with van der Waals surface area (Å²) in [5, 5.41) is 0. The van der Waals surface area contributed by atoms with Crippen LogP contribution in [-0.2, 0) is 24.3 Å². The van der Waals surface area contributed by atoms with Crippen LogP contribution in [-0.4, -0.2) is 62.2 Å². The Morgan fingerprint density at radius 1 is 1.10 bits per heavy atom. The molecule has 0 saturated carbocycles. The fraction of sp³-hybridized carbons (Fsp3) is 0.350. The van der Waals surface area contributed by atoms with Gasteiger partial charge in [0.2, 0.25) is 15.8 Å². The zero-order valence-corrected chi connectivity index (χ0v) is 18.3. The standard InChI is InChI=1S/C20H23FN2O7S/c1-5-29-20(26)19-12(2)18(13(3)22-19)16(24)11-30-17(25)10-23(4)31(27,28)15-8-6-14(21)7-9-15/h6-9,22H,5,10-11H2,1-4H3. The molecule has 1 heterocycles. The molecular weight excluding hydrogens is 431 g/mol. The van der Waals surface area contributed by atoms with Crippen LogP contribution in [0.25, 0.3) is 0 Å². The van der Waals surface area contributed by atoms with Crippen molar-refractivity contribution >= 4 is 27.7 Å². The van der Waals surface area contributed by atoms with E-state index in [-0.39, 0.29) is 22.8 Å². The Labute approximate surface area is 179 Å². The van der Waals surface area contributed by atoms with Gasteiger partial charge in [0, 0.05) is 18.3 Å². The van der Waals surface area contributed by atoms with Crippen molar-refractivity contribution in [2.75, 3.05) is 26.8 Å². The molecule has 0 aliphatic carbocycles. The molecule has 0 unspecified atom stereocenters. The molecule has 0 atom stereocenters. The van der Waals surface area contributed by atoms with Crippen molar-refractivity contribution < 1.29 is 36.7 Å². The van der Waals surface area contributed by atoms with Crippen LogP contribution in [0.4, 0.5) is 4.39 Å². The van der Waals surface area contributed by atoms with Gasteiger partial charge in [0.15, 0.2) is 6.61 Å². The number of sulfonamides is 1. The first-order valence-corrected chi connectivity index (χ1v) is 10.7. The minimum atomic E-state index is -4.04. The van der Waals surface area contributed by atoms with Crippen molar-refractivity contribution in [2.24, 2.45) is 0 Å². The van der Waals surface area contributed by atoms with E-state index < -0.39 is 46.7 Å². The van der Waals surface area contributed by atoms with Crippen molar-refractivity contribution in [3.63, 3.8) is 0 Å². The van der Waals surface area contributed by atoms with Gasteiger partial charge in [0.05, 0.1) is 11.5 Å². The summed E-state index contributed by atoms with van der Waals surface area (Å²) in [5.41, 5.74) is 1.12. The maximum Gasteiger partial charge on any atom is 0.355 e. The van der Waals surface area contributed by atoms with Crippen LogP contribution < -0.4 is 0 Å².